The average molecular weight is 369 g/mol. The summed E-state index contributed by atoms with van der Waals surface area (Å²) in [4.78, 5) is 22.3. The largest absolute Gasteiger partial charge is 0.443 e. The predicted octanol–water partition coefficient (Wildman–Crippen LogP) is 0.892. The molecule has 3 aliphatic rings. The number of anilines is 2. The van der Waals surface area contributed by atoms with Gasteiger partial charge in [-0.1, -0.05) is 0 Å². The minimum Gasteiger partial charge on any atom is -0.443 e. The van der Waals surface area contributed by atoms with Crippen molar-refractivity contribution in [2.45, 2.75) is 0 Å². The first kappa shape index (κ1) is 17.8. The maximum atomic E-state index is 12.7. The van der Waals surface area contributed by atoms with Crippen LogP contribution in [0.2, 0.25) is 0 Å². The zero-order valence-corrected chi connectivity index (χ0v) is 15.7. The zero-order chi connectivity index (χ0) is 19.0. The number of hydrogen-bond donors (Lipinski definition) is 1. The minimum atomic E-state index is -0.0670. The molecule has 0 amide bonds. The van der Waals surface area contributed by atoms with Crippen molar-refractivity contribution in [3.63, 3.8) is 0 Å². The third kappa shape index (κ3) is 3.48. The number of aromatic nitrogens is 1. The van der Waals surface area contributed by atoms with Gasteiger partial charge in [0.05, 0.1) is 6.61 Å². The standard InChI is InChI=1S/C20H24N4O3/c1-22(2)14-3-4-16-18(12-14)27-19-13-15(11-17(26)20(19)21-16)24-7-5-23(6-8-24)9-10-25/h3-4,11-13,25H,5-10H2,1-2H3/p+1. The third-order valence-electron chi connectivity index (χ3n) is 5.17. The first-order valence-corrected chi connectivity index (χ1v) is 9.24. The van der Waals surface area contributed by atoms with Gasteiger partial charge in [-0.05, 0) is 6.07 Å². The molecule has 0 spiro atoms. The highest BCUT2D eigenvalue weighted by Crippen LogP contribution is 2.26. The Bertz CT molecular complexity index is 977. The molecular weight excluding hydrogens is 344 g/mol. The van der Waals surface area contributed by atoms with Gasteiger partial charge in [-0.25, -0.2) is 0 Å². The number of fused-ring (bicyclic) bond motifs is 2. The van der Waals surface area contributed by atoms with E-state index in [0.717, 1.165) is 48.7 Å². The van der Waals surface area contributed by atoms with Crippen LogP contribution in [0.25, 0.3) is 22.6 Å². The lowest BCUT2D eigenvalue weighted by atomic mass is 10.1. The Labute approximate surface area is 157 Å². The fourth-order valence-corrected chi connectivity index (χ4v) is 3.56. The average Bonchev–Trinajstić information content (AvgIpc) is 2.67. The molecule has 1 aliphatic carbocycles. The lowest BCUT2D eigenvalue weighted by molar-refractivity contribution is -0.335. The predicted molar refractivity (Wildman–Crippen MR) is 106 cm³/mol. The lowest BCUT2D eigenvalue weighted by Gasteiger charge is -2.35. The van der Waals surface area contributed by atoms with Crippen molar-refractivity contribution in [2.75, 3.05) is 63.2 Å². The van der Waals surface area contributed by atoms with Crippen molar-refractivity contribution in [2.24, 2.45) is 0 Å². The molecule has 142 valence electrons. The third-order valence-corrected chi connectivity index (χ3v) is 5.17. The van der Waals surface area contributed by atoms with Crippen molar-refractivity contribution in [1.82, 2.24) is 4.90 Å². The Morgan fingerprint density at radius 3 is 2.63 bits per heavy atom. The molecule has 0 unspecified atom stereocenters. The molecule has 1 aromatic rings. The van der Waals surface area contributed by atoms with Gasteiger partial charge in [0.2, 0.25) is 16.9 Å². The van der Waals surface area contributed by atoms with Crippen molar-refractivity contribution < 1.29 is 14.5 Å². The molecule has 7 heteroatoms. The molecule has 7 nitrogen and oxygen atoms in total. The number of piperazine rings is 1. The quantitative estimate of drug-likeness (QED) is 0.689. The molecule has 1 saturated heterocycles. The summed E-state index contributed by atoms with van der Waals surface area (Å²) >= 11 is 0. The highest BCUT2D eigenvalue weighted by Gasteiger charge is 2.24. The Balaban J connectivity index is 1.71. The van der Waals surface area contributed by atoms with Gasteiger partial charge in [0.1, 0.15) is 0 Å². The monoisotopic (exact) mass is 369 g/mol. The maximum Gasteiger partial charge on any atom is 0.295 e. The van der Waals surface area contributed by atoms with Crippen molar-refractivity contribution in [3.8, 4) is 11.5 Å². The molecule has 1 aromatic carbocycles. The smallest absolute Gasteiger partial charge is 0.295 e. The number of aliphatic hydroxyl groups is 1. The molecule has 0 aromatic heterocycles. The van der Waals surface area contributed by atoms with Crippen LogP contribution in [0.15, 0.2) is 39.5 Å². The molecule has 0 atom stereocenters. The Morgan fingerprint density at radius 1 is 1.15 bits per heavy atom. The first-order chi connectivity index (χ1) is 13.0. The summed E-state index contributed by atoms with van der Waals surface area (Å²) in [5.41, 5.74) is 3.87. The van der Waals surface area contributed by atoms with Crippen LogP contribution in [0.3, 0.4) is 0 Å². The molecule has 2 aliphatic heterocycles. The van der Waals surface area contributed by atoms with E-state index in [9.17, 15) is 4.79 Å². The number of β-amino-alcohol motifs (C(OH)–C–C–N with tert-alkyl or cyclic N) is 1. The van der Waals surface area contributed by atoms with E-state index < -0.39 is 0 Å². The second-order valence-electron chi connectivity index (χ2n) is 7.17. The maximum absolute atomic E-state index is 12.7. The van der Waals surface area contributed by atoms with Crippen LogP contribution in [0.4, 0.5) is 11.4 Å². The van der Waals surface area contributed by atoms with Crippen LogP contribution in [-0.4, -0.2) is 63.4 Å². The SMILES string of the molecule is CN(C)c1ccc2[nH+]c3c(=O)cc(N4CCN(CCO)CC4)cc-3oc2c1. The van der Waals surface area contributed by atoms with Crippen molar-refractivity contribution in [1.29, 1.82) is 0 Å². The van der Waals surface area contributed by atoms with Crippen LogP contribution in [0, 0.1) is 0 Å². The van der Waals surface area contributed by atoms with E-state index in [-0.39, 0.29) is 12.0 Å². The molecule has 4 rings (SSSR count). The van der Waals surface area contributed by atoms with Crippen LogP contribution in [-0.2, 0) is 0 Å². The van der Waals surface area contributed by atoms with Gasteiger partial charge in [0, 0.05) is 82.5 Å². The van der Waals surface area contributed by atoms with E-state index in [1.165, 1.54) is 0 Å². The number of rotatable bonds is 4. The number of nitrogens with one attached hydrogen (secondary N) is 1. The minimum absolute atomic E-state index is 0.0670. The van der Waals surface area contributed by atoms with Gasteiger partial charge < -0.3 is 19.3 Å². The molecule has 2 N–H and O–H groups in total. The van der Waals surface area contributed by atoms with Crippen LogP contribution in [0.1, 0.15) is 0 Å². The van der Waals surface area contributed by atoms with Crippen LogP contribution < -0.4 is 20.2 Å². The fraction of sp³-hybridized carbons (Fsp3) is 0.400. The summed E-state index contributed by atoms with van der Waals surface area (Å²) in [7, 11) is 3.96. The normalized spacial score (nSPS) is 15.6. The van der Waals surface area contributed by atoms with E-state index >= 15 is 0 Å². The van der Waals surface area contributed by atoms with Gasteiger partial charge in [-0.3, -0.25) is 9.69 Å². The second-order valence-corrected chi connectivity index (χ2v) is 7.17. The van der Waals surface area contributed by atoms with Crippen molar-refractivity contribution in [3.05, 3.63) is 40.6 Å². The summed E-state index contributed by atoms with van der Waals surface area (Å²) in [5.74, 6) is 0.568. The van der Waals surface area contributed by atoms with Crippen molar-refractivity contribution >= 4 is 22.5 Å². The summed E-state index contributed by atoms with van der Waals surface area (Å²) in [6, 6.07) is 9.51. The zero-order valence-electron chi connectivity index (χ0n) is 15.7. The van der Waals surface area contributed by atoms with E-state index in [4.69, 9.17) is 9.52 Å². The summed E-state index contributed by atoms with van der Waals surface area (Å²) < 4.78 is 6.08. The molecule has 1 fully saturated rings. The van der Waals surface area contributed by atoms with Crippen LogP contribution in [0.5, 0.6) is 0 Å². The van der Waals surface area contributed by atoms with E-state index in [1.54, 1.807) is 6.07 Å². The van der Waals surface area contributed by atoms with E-state index in [2.05, 4.69) is 14.8 Å². The van der Waals surface area contributed by atoms with Crippen LogP contribution >= 0.6 is 0 Å². The van der Waals surface area contributed by atoms with Gasteiger partial charge in [-0.15, -0.1) is 0 Å². The molecule has 0 bridgehead atoms. The first-order valence-electron chi connectivity index (χ1n) is 9.24. The number of nitrogens with zero attached hydrogens (tertiary/aromatic N) is 3. The van der Waals surface area contributed by atoms with E-state index in [0.29, 0.717) is 18.0 Å². The Morgan fingerprint density at radius 2 is 1.93 bits per heavy atom. The molecule has 2 heterocycles. The number of aliphatic hydroxyl groups excluding tert-OH is 1. The molecular formula is C20H25N4O3+. The number of hydrogen-bond acceptors (Lipinski definition) is 6. The molecule has 27 heavy (non-hydrogen) atoms. The summed E-state index contributed by atoms with van der Waals surface area (Å²) in [5, 5.41) is 9.08. The number of H-pyrrole nitrogens is 1. The Kier molecular flexibility index (Phi) is 4.72. The molecule has 0 saturated carbocycles. The number of aromatic amines is 1. The summed E-state index contributed by atoms with van der Waals surface area (Å²) in [6.07, 6.45) is 0. The highest BCUT2D eigenvalue weighted by molar-refractivity contribution is 5.76. The van der Waals surface area contributed by atoms with E-state index in [1.807, 2.05) is 43.3 Å². The molecule has 0 radical (unpaired) electrons. The van der Waals surface area contributed by atoms with Gasteiger partial charge >= 0.3 is 0 Å². The summed E-state index contributed by atoms with van der Waals surface area (Å²) in [6.45, 7) is 4.28. The van der Waals surface area contributed by atoms with Gasteiger partial charge in [0.15, 0.2) is 0 Å². The number of benzene rings is 2. The lowest BCUT2D eigenvalue weighted by Crippen LogP contribution is -2.47. The highest BCUT2D eigenvalue weighted by atomic mass is 16.3. The Hall–Kier alpha value is -2.64. The second kappa shape index (κ2) is 7.17. The van der Waals surface area contributed by atoms with Gasteiger partial charge in [-0.2, -0.15) is 4.98 Å². The van der Waals surface area contributed by atoms with Gasteiger partial charge in [0.25, 0.3) is 11.1 Å². The topological polar surface area (TPSA) is 74.3 Å². The fourth-order valence-electron chi connectivity index (χ4n) is 3.56.